The maximum absolute atomic E-state index is 15.0. The van der Waals surface area contributed by atoms with Gasteiger partial charge in [-0.2, -0.15) is 13.2 Å². The third kappa shape index (κ3) is 4.13. The van der Waals surface area contributed by atoms with E-state index in [-0.39, 0.29) is 0 Å². The van der Waals surface area contributed by atoms with Crippen LogP contribution in [0.25, 0.3) is 5.69 Å². The van der Waals surface area contributed by atoms with Crippen molar-refractivity contribution in [1.29, 1.82) is 0 Å². The SMILES string of the molecule is Cc1cc([C@@H]2[C@@H](c3ccccn3)NC(=S)N2c2ccccc2F)c(C)n1-c1cccc(C(F)(F)F)c1. The molecule has 5 rings (SSSR count). The van der Waals surface area contributed by atoms with Gasteiger partial charge in [0, 0.05) is 23.3 Å². The Bertz CT molecular complexity index is 1430. The summed E-state index contributed by atoms with van der Waals surface area (Å²) in [5.74, 6) is -0.431. The van der Waals surface area contributed by atoms with Gasteiger partial charge in [0.15, 0.2) is 5.11 Å². The summed E-state index contributed by atoms with van der Waals surface area (Å²) in [6, 6.07) is 18.1. The van der Waals surface area contributed by atoms with Crippen LogP contribution in [-0.4, -0.2) is 14.7 Å². The van der Waals surface area contributed by atoms with Crippen molar-refractivity contribution < 1.29 is 17.6 Å². The van der Waals surface area contributed by atoms with Crippen molar-refractivity contribution >= 4 is 23.0 Å². The van der Waals surface area contributed by atoms with E-state index >= 15 is 0 Å². The average molecular weight is 511 g/mol. The Kier molecular flexibility index (Phi) is 6.04. The van der Waals surface area contributed by atoms with Crippen molar-refractivity contribution in [2.75, 3.05) is 4.90 Å². The lowest BCUT2D eigenvalue weighted by atomic mass is 9.96. The first-order valence-electron chi connectivity index (χ1n) is 11.3. The first kappa shape index (κ1) is 24.0. The van der Waals surface area contributed by atoms with E-state index < -0.39 is 29.6 Å². The molecule has 184 valence electrons. The van der Waals surface area contributed by atoms with Gasteiger partial charge in [-0.3, -0.25) is 4.98 Å². The van der Waals surface area contributed by atoms with E-state index in [1.165, 1.54) is 12.1 Å². The number of alkyl halides is 3. The quantitative estimate of drug-likeness (QED) is 0.241. The molecule has 0 saturated carbocycles. The summed E-state index contributed by atoms with van der Waals surface area (Å²) in [6.45, 7) is 3.68. The van der Waals surface area contributed by atoms with Crippen molar-refractivity contribution in [3.63, 3.8) is 0 Å². The molecular formula is C27H22F4N4S. The van der Waals surface area contributed by atoms with Crippen LogP contribution in [0.3, 0.4) is 0 Å². The number of benzene rings is 2. The maximum atomic E-state index is 15.0. The highest BCUT2D eigenvalue weighted by molar-refractivity contribution is 7.80. The zero-order valence-corrected chi connectivity index (χ0v) is 20.2. The number of nitrogens with zero attached hydrogens (tertiary/aromatic N) is 3. The number of hydrogen-bond acceptors (Lipinski definition) is 2. The van der Waals surface area contributed by atoms with Gasteiger partial charge in [0.25, 0.3) is 0 Å². The van der Waals surface area contributed by atoms with Crippen molar-refractivity contribution in [1.82, 2.24) is 14.9 Å². The molecule has 1 aliphatic heterocycles. The van der Waals surface area contributed by atoms with Gasteiger partial charge >= 0.3 is 6.18 Å². The molecule has 0 unspecified atom stereocenters. The van der Waals surface area contributed by atoms with Crippen LogP contribution in [0.4, 0.5) is 23.2 Å². The Hall–Kier alpha value is -3.72. The third-order valence-electron chi connectivity index (χ3n) is 6.43. The first-order valence-corrected chi connectivity index (χ1v) is 11.7. The number of para-hydroxylation sites is 1. The predicted molar refractivity (Wildman–Crippen MR) is 135 cm³/mol. The Morgan fingerprint density at radius 1 is 0.944 bits per heavy atom. The second-order valence-corrected chi connectivity index (χ2v) is 9.04. The van der Waals surface area contributed by atoms with Gasteiger partial charge in [0.1, 0.15) is 5.82 Å². The third-order valence-corrected chi connectivity index (χ3v) is 6.75. The largest absolute Gasteiger partial charge is 0.416 e. The highest BCUT2D eigenvalue weighted by atomic mass is 32.1. The molecule has 4 nitrogen and oxygen atoms in total. The Morgan fingerprint density at radius 3 is 2.39 bits per heavy atom. The standard InChI is InChI=1S/C27H22F4N4S/c1-16-14-20(17(2)34(16)19-9-7-8-18(15-19)27(29,30)31)25-24(22-11-5-6-13-32-22)33-26(36)35(25)23-12-4-3-10-21(23)28/h3-15,24-25H,1-2H3,(H,33,36)/t24-,25-/m1/s1. The highest BCUT2D eigenvalue weighted by Crippen LogP contribution is 2.44. The molecule has 1 N–H and O–H groups in total. The van der Waals surface area contributed by atoms with E-state index in [1.807, 2.05) is 32.0 Å². The number of aromatic nitrogens is 2. The van der Waals surface area contributed by atoms with E-state index in [9.17, 15) is 17.6 Å². The summed E-state index contributed by atoms with van der Waals surface area (Å²) in [5, 5.41) is 3.63. The van der Waals surface area contributed by atoms with Crippen LogP contribution in [-0.2, 0) is 6.18 Å². The van der Waals surface area contributed by atoms with E-state index in [4.69, 9.17) is 12.2 Å². The van der Waals surface area contributed by atoms with Gasteiger partial charge in [-0.05, 0) is 80.2 Å². The van der Waals surface area contributed by atoms with E-state index in [2.05, 4.69) is 10.3 Å². The zero-order valence-electron chi connectivity index (χ0n) is 19.4. The molecule has 0 bridgehead atoms. The number of aryl methyl sites for hydroxylation is 1. The lowest BCUT2D eigenvalue weighted by molar-refractivity contribution is -0.137. The summed E-state index contributed by atoms with van der Waals surface area (Å²) < 4.78 is 57.0. The molecule has 0 amide bonds. The molecule has 1 fully saturated rings. The summed E-state index contributed by atoms with van der Waals surface area (Å²) in [6.07, 6.45) is -2.78. The topological polar surface area (TPSA) is 33.1 Å². The molecular weight excluding hydrogens is 488 g/mol. The average Bonchev–Trinajstić information content (AvgIpc) is 3.34. The minimum absolute atomic E-state index is 0.308. The molecule has 0 radical (unpaired) electrons. The van der Waals surface area contributed by atoms with E-state index in [1.54, 1.807) is 46.0 Å². The molecule has 2 aromatic carbocycles. The monoisotopic (exact) mass is 510 g/mol. The predicted octanol–water partition coefficient (Wildman–Crippen LogP) is 6.82. The lowest BCUT2D eigenvalue weighted by Crippen LogP contribution is -2.30. The Labute approximate surface area is 211 Å². The van der Waals surface area contributed by atoms with Crippen molar-refractivity contribution in [3.05, 3.63) is 113 Å². The number of rotatable bonds is 4. The van der Waals surface area contributed by atoms with Gasteiger partial charge < -0.3 is 14.8 Å². The van der Waals surface area contributed by atoms with Gasteiger partial charge in [-0.1, -0.05) is 24.3 Å². The van der Waals surface area contributed by atoms with Crippen LogP contribution in [0.15, 0.2) is 79.0 Å². The zero-order chi connectivity index (χ0) is 25.6. The summed E-state index contributed by atoms with van der Waals surface area (Å²) in [4.78, 5) is 6.23. The van der Waals surface area contributed by atoms with Crippen molar-refractivity contribution in [3.8, 4) is 5.69 Å². The van der Waals surface area contributed by atoms with Gasteiger partial charge in [-0.25, -0.2) is 4.39 Å². The normalized spacial score (nSPS) is 17.9. The van der Waals surface area contributed by atoms with Crippen molar-refractivity contribution in [2.45, 2.75) is 32.1 Å². The fourth-order valence-electron chi connectivity index (χ4n) is 4.88. The Balaban J connectivity index is 1.69. The van der Waals surface area contributed by atoms with Crippen LogP contribution in [0.5, 0.6) is 0 Å². The molecule has 1 saturated heterocycles. The molecule has 9 heteroatoms. The number of hydrogen-bond donors (Lipinski definition) is 1. The Morgan fingerprint density at radius 2 is 1.69 bits per heavy atom. The van der Waals surface area contributed by atoms with E-state index in [0.717, 1.165) is 29.1 Å². The van der Waals surface area contributed by atoms with Gasteiger partial charge in [-0.15, -0.1) is 0 Å². The molecule has 4 aromatic rings. The van der Waals surface area contributed by atoms with Gasteiger partial charge in [0.05, 0.1) is 29.0 Å². The van der Waals surface area contributed by atoms with Crippen LogP contribution in [0, 0.1) is 19.7 Å². The second kappa shape index (κ2) is 9.05. The summed E-state index contributed by atoms with van der Waals surface area (Å²) >= 11 is 5.66. The smallest absolute Gasteiger partial charge is 0.351 e. The van der Waals surface area contributed by atoms with Gasteiger partial charge in [0.2, 0.25) is 0 Å². The molecule has 0 aliphatic carbocycles. The minimum Gasteiger partial charge on any atom is -0.351 e. The second-order valence-electron chi connectivity index (χ2n) is 8.66. The molecule has 3 heterocycles. The van der Waals surface area contributed by atoms with E-state index in [0.29, 0.717) is 22.2 Å². The number of halogens is 4. The number of thiocarbonyl (C=S) groups is 1. The fourth-order valence-corrected chi connectivity index (χ4v) is 5.22. The molecule has 2 atom stereocenters. The maximum Gasteiger partial charge on any atom is 0.416 e. The van der Waals surface area contributed by atoms with Crippen LogP contribution in [0.2, 0.25) is 0 Å². The fraction of sp³-hybridized carbons (Fsp3) is 0.185. The minimum atomic E-state index is -4.46. The highest BCUT2D eigenvalue weighted by Gasteiger charge is 2.43. The number of pyridine rings is 1. The van der Waals surface area contributed by atoms with Crippen LogP contribution in [0.1, 0.15) is 40.3 Å². The molecule has 36 heavy (non-hydrogen) atoms. The first-order chi connectivity index (χ1) is 17.2. The van der Waals surface area contributed by atoms with Crippen molar-refractivity contribution in [2.24, 2.45) is 0 Å². The molecule has 2 aromatic heterocycles. The molecule has 1 aliphatic rings. The number of anilines is 1. The number of nitrogens with one attached hydrogen (secondary N) is 1. The molecule has 0 spiro atoms. The van der Waals surface area contributed by atoms with Crippen LogP contribution < -0.4 is 10.2 Å². The summed E-state index contributed by atoms with van der Waals surface area (Å²) in [5.41, 5.74) is 2.97. The summed E-state index contributed by atoms with van der Waals surface area (Å²) in [7, 11) is 0. The van der Waals surface area contributed by atoms with Crippen LogP contribution >= 0.6 is 12.2 Å². The lowest BCUT2D eigenvalue weighted by Gasteiger charge is -2.28.